The number of aryl methyl sites for hydroxylation is 1. The van der Waals surface area contributed by atoms with Crippen molar-refractivity contribution in [2.24, 2.45) is 10.9 Å². The van der Waals surface area contributed by atoms with Gasteiger partial charge in [0.1, 0.15) is 11.6 Å². The Balaban J connectivity index is 0.00000320. The quantitative estimate of drug-likeness (QED) is 0.278. The van der Waals surface area contributed by atoms with Crippen LogP contribution in [0.25, 0.3) is 0 Å². The van der Waals surface area contributed by atoms with Crippen molar-refractivity contribution in [2.45, 2.75) is 26.3 Å². The van der Waals surface area contributed by atoms with Crippen molar-refractivity contribution in [1.82, 2.24) is 10.6 Å². The fourth-order valence-electron chi connectivity index (χ4n) is 2.77. The maximum absolute atomic E-state index is 13.2. The lowest BCUT2D eigenvalue weighted by Gasteiger charge is -2.15. The first-order valence-electron chi connectivity index (χ1n) is 9.76. The van der Waals surface area contributed by atoms with E-state index in [4.69, 9.17) is 4.74 Å². The predicted molar refractivity (Wildman–Crippen MR) is 128 cm³/mol. The molecule has 2 aromatic rings. The SMILES string of the molecule is CN=C(NCC(=O)Nc1cccc(F)c1)NCc1ccc(C)cc1OCC1CC1.I. The minimum atomic E-state index is -0.397. The highest BCUT2D eigenvalue weighted by Crippen LogP contribution is 2.30. The Hall–Kier alpha value is -2.36. The van der Waals surface area contributed by atoms with E-state index in [9.17, 15) is 9.18 Å². The van der Waals surface area contributed by atoms with Gasteiger partial charge in [-0.25, -0.2) is 4.39 Å². The van der Waals surface area contributed by atoms with Crippen LogP contribution in [0.1, 0.15) is 24.0 Å². The van der Waals surface area contributed by atoms with E-state index in [-0.39, 0.29) is 36.4 Å². The summed E-state index contributed by atoms with van der Waals surface area (Å²) in [4.78, 5) is 16.2. The summed E-state index contributed by atoms with van der Waals surface area (Å²) < 4.78 is 19.2. The van der Waals surface area contributed by atoms with E-state index in [1.807, 2.05) is 25.1 Å². The number of hydrogen-bond acceptors (Lipinski definition) is 3. The van der Waals surface area contributed by atoms with E-state index in [2.05, 4.69) is 20.9 Å². The van der Waals surface area contributed by atoms with Crippen LogP contribution in [0, 0.1) is 18.7 Å². The molecule has 0 saturated heterocycles. The number of halogens is 2. The van der Waals surface area contributed by atoms with Crippen LogP contribution in [0.15, 0.2) is 47.5 Å². The molecular weight excluding hydrogens is 498 g/mol. The van der Waals surface area contributed by atoms with Gasteiger partial charge in [-0.3, -0.25) is 9.79 Å². The summed E-state index contributed by atoms with van der Waals surface area (Å²) in [6, 6.07) is 11.9. The molecule has 3 rings (SSSR count). The lowest BCUT2D eigenvalue weighted by atomic mass is 10.1. The highest BCUT2D eigenvalue weighted by molar-refractivity contribution is 14.0. The van der Waals surface area contributed by atoms with Crippen LogP contribution in [0.5, 0.6) is 5.75 Å². The molecule has 1 saturated carbocycles. The van der Waals surface area contributed by atoms with Crippen LogP contribution in [-0.2, 0) is 11.3 Å². The molecule has 30 heavy (non-hydrogen) atoms. The number of anilines is 1. The Morgan fingerprint density at radius 2 is 2.00 bits per heavy atom. The molecule has 0 atom stereocenters. The molecule has 0 bridgehead atoms. The summed E-state index contributed by atoms with van der Waals surface area (Å²) in [7, 11) is 1.64. The highest BCUT2D eigenvalue weighted by Gasteiger charge is 2.22. The monoisotopic (exact) mass is 526 g/mol. The minimum absolute atomic E-state index is 0. The van der Waals surface area contributed by atoms with E-state index in [1.54, 1.807) is 19.2 Å². The number of carbonyl (C=O) groups excluding carboxylic acids is 1. The average Bonchev–Trinajstić information content (AvgIpc) is 3.52. The molecule has 0 heterocycles. The second-order valence-electron chi connectivity index (χ2n) is 7.20. The molecule has 0 aliphatic heterocycles. The molecular formula is C22H28FIN4O2. The number of ether oxygens (including phenoxy) is 1. The van der Waals surface area contributed by atoms with Crippen molar-refractivity contribution >= 4 is 41.5 Å². The van der Waals surface area contributed by atoms with E-state index in [0.717, 1.165) is 23.5 Å². The third-order valence-corrected chi connectivity index (χ3v) is 4.59. The number of hydrogen-bond donors (Lipinski definition) is 3. The van der Waals surface area contributed by atoms with Crippen molar-refractivity contribution in [1.29, 1.82) is 0 Å². The van der Waals surface area contributed by atoms with Crippen LogP contribution in [0.2, 0.25) is 0 Å². The van der Waals surface area contributed by atoms with E-state index in [1.165, 1.54) is 25.0 Å². The third kappa shape index (κ3) is 7.81. The predicted octanol–water partition coefficient (Wildman–Crippen LogP) is 3.84. The second-order valence-corrected chi connectivity index (χ2v) is 7.20. The zero-order valence-corrected chi connectivity index (χ0v) is 19.5. The molecule has 1 aliphatic carbocycles. The van der Waals surface area contributed by atoms with Crippen molar-refractivity contribution in [3.8, 4) is 5.75 Å². The van der Waals surface area contributed by atoms with Gasteiger partial charge in [0, 0.05) is 24.8 Å². The Kier molecular flexibility index (Phi) is 9.35. The largest absolute Gasteiger partial charge is 0.493 e. The first kappa shape index (κ1) is 23.9. The van der Waals surface area contributed by atoms with Crippen LogP contribution < -0.4 is 20.7 Å². The lowest BCUT2D eigenvalue weighted by Crippen LogP contribution is -2.41. The van der Waals surface area contributed by atoms with Crippen LogP contribution >= 0.6 is 24.0 Å². The van der Waals surface area contributed by atoms with E-state index >= 15 is 0 Å². The summed E-state index contributed by atoms with van der Waals surface area (Å²) in [5.41, 5.74) is 2.59. The number of guanidine groups is 1. The Labute approximate surface area is 193 Å². The number of nitrogens with zero attached hydrogens (tertiary/aromatic N) is 1. The topological polar surface area (TPSA) is 74.8 Å². The first-order valence-corrected chi connectivity index (χ1v) is 9.76. The third-order valence-electron chi connectivity index (χ3n) is 4.59. The van der Waals surface area contributed by atoms with Gasteiger partial charge in [0.2, 0.25) is 5.91 Å². The number of amides is 1. The molecule has 8 heteroatoms. The fourth-order valence-corrected chi connectivity index (χ4v) is 2.77. The molecule has 0 unspecified atom stereocenters. The van der Waals surface area contributed by atoms with Gasteiger partial charge in [0.25, 0.3) is 0 Å². The van der Waals surface area contributed by atoms with Crippen LogP contribution in [0.3, 0.4) is 0 Å². The molecule has 162 valence electrons. The molecule has 0 aromatic heterocycles. The number of carbonyl (C=O) groups is 1. The van der Waals surface area contributed by atoms with Gasteiger partial charge >= 0.3 is 0 Å². The van der Waals surface area contributed by atoms with E-state index in [0.29, 0.717) is 24.1 Å². The molecule has 3 N–H and O–H groups in total. The molecule has 0 radical (unpaired) electrons. The first-order chi connectivity index (χ1) is 14.0. The Bertz CT molecular complexity index is 887. The summed E-state index contributed by atoms with van der Waals surface area (Å²) in [5.74, 6) is 1.37. The molecule has 0 spiro atoms. The summed E-state index contributed by atoms with van der Waals surface area (Å²) in [6.45, 7) is 3.32. The van der Waals surface area contributed by atoms with Crippen molar-refractivity contribution in [2.75, 3.05) is 25.5 Å². The lowest BCUT2D eigenvalue weighted by molar-refractivity contribution is -0.115. The Morgan fingerprint density at radius 1 is 1.20 bits per heavy atom. The van der Waals surface area contributed by atoms with Gasteiger partial charge in [0.05, 0.1) is 13.2 Å². The van der Waals surface area contributed by atoms with Crippen LogP contribution in [-0.4, -0.2) is 32.1 Å². The Morgan fingerprint density at radius 3 is 2.70 bits per heavy atom. The van der Waals surface area contributed by atoms with Gasteiger partial charge in [-0.05, 0) is 55.5 Å². The molecule has 6 nitrogen and oxygen atoms in total. The van der Waals surface area contributed by atoms with Crippen LogP contribution in [0.4, 0.5) is 10.1 Å². The van der Waals surface area contributed by atoms with E-state index < -0.39 is 5.82 Å². The second kappa shape index (κ2) is 11.7. The van der Waals surface area contributed by atoms with Crippen molar-refractivity contribution in [3.63, 3.8) is 0 Å². The molecule has 1 aliphatic rings. The number of benzene rings is 2. The number of aliphatic imine (C=N–C) groups is 1. The molecule has 1 fully saturated rings. The zero-order chi connectivity index (χ0) is 20.6. The van der Waals surface area contributed by atoms with Gasteiger partial charge in [-0.1, -0.05) is 18.2 Å². The maximum atomic E-state index is 13.2. The van der Waals surface area contributed by atoms with Gasteiger partial charge < -0.3 is 20.7 Å². The van der Waals surface area contributed by atoms with Gasteiger partial charge in [-0.2, -0.15) is 0 Å². The smallest absolute Gasteiger partial charge is 0.243 e. The van der Waals surface area contributed by atoms with Gasteiger partial charge in [0.15, 0.2) is 5.96 Å². The number of rotatable bonds is 8. The number of nitrogens with one attached hydrogen (secondary N) is 3. The minimum Gasteiger partial charge on any atom is -0.493 e. The highest BCUT2D eigenvalue weighted by atomic mass is 127. The summed E-state index contributed by atoms with van der Waals surface area (Å²) in [5, 5.41) is 8.79. The maximum Gasteiger partial charge on any atom is 0.243 e. The molecule has 2 aromatic carbocycles. The van der Waals surface area contributed by atoms with Crippen molar-refractivity contribution < 1.29 is 13.9 Å². The van der Waals surface area contributed by atoms with Crippen molar-refractivity contribution in [3.05, 3.63) is 59.4 Å². The fraction of sp³-hybridized carbons (Fsp3) is 0.364. The standard InChI is InChI=1S/C22H27FN4O2.HI/c1-15-6-9-17(20(10-15)29-14-16-7-8-16)12-25-22(24-2)26-13-21(28)27-19-5-3-4-18(23)11-19;/h3-6,9-11,16H,7-8,12-14H2,1-2H3,(H,27,28)(H2,24,25,26);1H. The summed E-state index contributed by atoms with van der Waals surface area (Å²) >= 11 is 0. The average molecular weight is 526 g/mol. The zero-order valence-electron chi connectivity index (χ0n) is 17.2. The molecule has 1 amide bonds. The normalized spacial score (nSPS) is 13.2. The summed E-state index contributed by atoms with van der Waals surface area (Å²) in [6.07, 6.45) is 2.49. The van der Waals surface area contributed by atoms with Gasteiger partial charge in [-0.15, -0.1) is 24.0 Å².